The van der Waals surface area contributed by atoms with Crippen molar-refractivity contribution >= 4 is 5.91 Å². The number of amides is 1. The second kappa shape index (κ2) is 6.42. The SMILES string of the molecule is CCCCC1CCC(C(=O)NC(C)(C)C)CC1. The molecule has 0 aromatic heterocycles. The van der Waals surface area contributed by atoms with Crippen molar-refractivity contribution in [2.24, 2.45) is 11.8 Å². The van der Waals surface area contributed by atoms with Crippen molar-refractivity contribution < 1.29 is 4.79 Å². The molecule has 0 saturated heterocycles. The molecule has 1 aliphatic carbocycles. The molecule has 100 valence electrons. The first-order valence-corrected chi connectivity index (χ1v) is 7.24. The molecule has 1 fully saturated rings. The smallest absolute Gasteiger partial charge is 0.223 e. The molecule has 17 heavy (non-hydrogen) atoms. The predicted molar refractivity (Wildman–Crippen MR) is 72.9 cm³/mol. The summed E-state index contributed by atoms with van der Waals surface area (Å²) in [5.74, 6) is 1.42. The normalized spacial score (nSPS) is 25.6. The van der Waals surface area contributed by atoms with Crippen LogP contribution < -0.4 is 5.32 Å². The Hall–Kier alpha value is -0.530. The fourth-order valence-corrected chi connectivity index (χ4v) is 2.68. The third kappa shape index (κ3) is 5.56. The van der Waals surface area contributed by atoms with Crippen molar-refractivity contribution in [3.05, 3.63) is 0 Å². The molecule has 1 rings (SSSR count). The van der Waals surface area contributed by atoms with Gasteiger partial charge in [0.05, 0.1) is 0 Å². The highest BCUT2D eigenvalue weighted by Gasteiger charge is 2.27. The van der Waals surface area contributed by atoms with Gasteiger partial charge in [0.2, 0.25) is 5.91 Å². The van der Waals surface area contributed by atoms with E-state index < -0.39 is 0 Å². The molecule has 1 N–H and O–H groups in total. The monoisotopic (exact) mass is 239 g/mol. The molecule has 0 bridgehead atoms. The summed E-state index contributed by atoms with van der Waals surface area (Å²) in [5.41, 5.74) is -0.0872. The van der Waals surface area contributed by atoms with Crippen molar-refractivity contribution in [2.75, 3.05) is 0 Å². The molecule has 0 aliphatic heterocycles. The van der Waals surface area contributed by atoms with Crippen LogP contribution >= 0.6 is 0 Å². The standard InChI is InChI=1S/C15H29NO/c1-5-6-7-12-8-10-13(11-9-12)14(17)16-15(2,3)4/h12-13H,5-11H2,1-4H3,(H,16,17). The van der Waals surface area contributed by atoms with Gasteiger partial charge in [-0.1, -0.05) is 26.2 Å². The number of carbonyl (C=O) groups is 1. The van der Waals surface area contributed by atoms with Crippen LogP contribution in [-0.4, -0.2) is 11.4 Å². The van der Waals surface area contributed by atoms with Gasteiger partial charge >= 0.3 is 0 Å². The van der Waals surface area contributed by atoms with Crippen LogP contribution in [0.2, 0.25) is 0 Å². The Labute approximate surface area is 107 Å². The van der Waals surface area contributed by atoms with Crippen molar-refractivity contribution in [3.63, 3.8) is 0 Å². The fourth-order valence-electron chi connectivity index (χ4n) is 2.68. The van der Waals surface area contributed by atoms with Gasteiger partial charge in [-0.15, -0.1) is 0 Å². The molecular weight excluding hydrogens is 210 g/mol. The minimum Gasteiger partial charge on any atom is -0.351 e. The molecular formula is C15H29NO. The number of rotatable bonds is 4. The Morgan fingerprint density at radius 1 is 1.18 bits per heavy atom. The maximum Gasteiger partial charge on any atom is 0.223 e. The van der Waals surface area contributed by atoms with Gasteiger partial charge in [-0.25, -0.2) is 0 Å². The van der Waals surface area contributed by atoms with Gasteiger partial charge in [0.1, 0.15) is 0 Å². The lowest BCUT2D eigenvalue weighted by Crippen LogP contribution is -2.44. The maximum absolute atomic E-state index is 12.0. The Morgan fingerprint density at radius 2 is 1.76 bits per heavy atom. The summed E-state index contributed by atoms with van der Waals surface area (Å²) in [6.45, 7) is 8.41. The Bertz CT molecular complexity index is 234. The first-order valence-electron chi connectivity index (χ1n) is 7.24. The molecule has 0 radical (unpaired) electrons. The van der Waals surface area contributed by atoms with E-state index in [2.05, 4.69) is 33.0 Å². The highest BCUT2D eigenvalue weighted by molar-refractivity contribution is 5.79. The molecule has 2 heteroatoms. The Balaban J connectivity index is 2.29. The topological polar surface area (TPSA) is 29.1 Å². The summed E-state index contributed by atoms with van der Waals surface area (Å²) in [6, 6.07) is 0. The van der Waals surface area contributed by atoms with E-state index in [9.17, 15) is 4.79 Å². The molecule has 0 atom stereocenters. The van der Waals surface area contributed by atoms with Crippen LogP contribution in [-0.2, 0) is 4.79 Å². The Kier molecular flexibility index (Phi) is 5.48. The molecule has 2 nitrogen and oxygen atoms in total. The summed E-state index contributed by atoms with van der Waals surface area (Å²) in [4.78, 5) is 12.0. The van der Waals surface area contributed by atoms with E-state index >= 15 is 0 Å². The van der Waals surface area contributed by atoms with E-state index in [1.54, 1.807) is 0 Å². The predicted octanol–water partition coefficient (Wildman–Crippen LogP) is 3.90. The number of nitrogens with one attached hydrogen (secondary N) is 1. The number of hydrogen-bond donors (Lipinski definition) is 1. The highest BCUT2D eigenvalue weighted by atomic mass is 16.2. The number of unbranched alkanes of at least 4 members (excludes halogenated alkanes) is 1. The number of carbonyl (C=O) groups excluding carboxylic acids is 1. The van der Waals surface area contributed by atoms with Crippen LogP contribution in [0.1, 0.15) is 72.6 Å². The minimum absolute atomic E-state index is 0.0872. The zero-order chi connectivity index (χ0) is 12.9. The van der Waals surface area contributed by atoms with Crippen LogP contribution in [0.5, 0.6) is 0 Å². The third-order valence-corrected chi connectivity index (χ3v) is 3.68. The van der Waals surface area contributed by atoms with Crippen molar-refractivity contribution in [1.29, 1.82) is 0 Å². The van der Waals surface area contributed by atoms with Crippen molar-refractivity contribution in [2.45, 2.75) is 78.2 Å². The van der Waals surface area contributed by atoms with E-state index in [0.717, 1.165) is 18.8 Å². The summed E-state index contributed by atoms with van der Waals surface area (Å²) in [6.07, 6.45) is 8.70. The highest BCUT2D eigenvalue weighted by Crippen LogP contribution is 2.32. The van der Waals surface area contributed by atoms with Crippen LogP contribution in [0.25, 0.3) is 0 Å². The Morgan fingerprint density at radius 3 is 2.24 bits per heavy atom. The maximum atomic E-state index is 12.0. The molecule has 1 amide bonds. The molecule has 0 heterocycles. The molecule has 1 saturated carbocycles. The third-order valence-electron chi connectivity index (χ3n) is 3.68. The van der Waals surface area contributed by atoms with Crippen LogP contribution in [0.3, 0.4) is 0 Å². The number of hydrogen-bond acceptors (Lipinski definition) is 1. The van der Waals surface area contributed by atoms with Crippen LogP contribution in [0.4, 0.5) is 0 Å². The van der Waals surface area contributed by atoms with E-state index in [-0.39, 0.29) is 17.4 Å². The van der Waals surface area contributed by atoms with E-state index in [1.807, 2.05) is 0 Å². The van der Waals surface area contributed by atoms with E-state index in [4.69, 9.17) is 0 Å². The average Bonchev–Trinajstić information content (AvgIpc) is 2.24. The molecule has 0 aromatic rings. The van der Waals surface area contributed by atoms with E-state index in [1.165, 1.54) is 32.1 Å². The van der Waals surface area contributed by atoms with Gasteiger partial charge in [-0.3, -0.25) is 4.79 Å². The largest absolute Gasteiger partial charge is 0.351 e. The summed E-state index contributed by atoms with van der Waals surface area (Å²) >= 11 is 0. The lowest BCUT2D eigenvalue weighted by molar-refractivity contribution is -0.127. The van der Waals surface area contributed by atoms with Crippen molar-refractivity contribution in [3.8, 4) is 0 Å². The first-order chi connectivity index (χ1) is 7.92. The van der Waals surface area contributed by atoms with Crippen molar-refractivity contribution in [1.82, 2.24) is 5.32 Å². The summed E-state index contributed by atoms with van der Waals surface area (Å²) in [7, 11) is 0. The summed E-state index contributed by atoms with van der Waals surface area (Å²) in [5, 5.41) is 3.11. The first kappa shape index (κ1) is 14.5. The van der Waals surface area contributed by atoms with Gasteiger partial charge in [0.15, 0.2) is 0 Å². The molecule has 0 aromatic carbocycles. The molecule has 1 aliphatic rings. The average molecular weight is 239 g/mol. The minimum atomic E-state index is -0.0872. The van der Waals surface area contributed by atoms with Crippen LogP contribution in [0, 0.1) is 11.8 Å². The molecule has 0 unspecified atom stereocenters. The van der Waals surface area contributed by atoms with Gasteiger partial charge in [0, 0.05) is 11.5 Å². The zero-order valence-electron chi connectivity index (χ0n) is 12.0. The van der Waals surface area contributed by atoms with Gasteiger partial charge in [-0.2, -0.15) is 0 Å². The summed E-state index contributed by atoms with van der Waals surface area (Å²) < 4.78 is 0. The lowest BCUT2D eigenvalue weighted by Gasteiger charge is -2.30. The quantitative estimate of drug-likeness (QED) is 0.792. The second-order valence-corrected chi connectivity index (χ2v) is 6.60. The molecule has 0 spiro atoms. The van der Waals surface area contributed by atoms with Gasteiger partial charge in [0.25, 0.3) is 0 Å². The lowest BCUT2D eigenvalue weighted by atomic mass is 9.79. The zero-order valence-corrected chi connectivity index (χ0v) is 12.0. The van der Waals surface area contributed by atoms with Crippen LogP contribution in [0.15, 0.2) is 0 Å². The second-order valence-electron chi connectivity index (χ2n) is 6.60. The fraction of sp³-hybridized carbons (Fsp3) is 0.933. The van der Waals surface area contributed by atoms with E-state index in [0.29, 0.717) is 0 Å². The van der Waals surface area contributed by atoms with Gasteiger partial charge < -0.3 is 5.32 Å². The van der Waals surface area contributed by atoms with Gasteiger partial charge in [-0.05, 0) is 52.4 Å².